The molecule has 6 nitrogen and oxygen atoms in total. The highest BCUT2D eigenvalue weighted by atomic mass is 16.5. The second kappa shape index (κ2) is 4.73. The predicted molar refractivity (Wildman–Crippen MR) is 73.1 cm³/mol. The highest BCUT2D eigenvalue weighted by Gasteiger charge is 2.15. The summed E-state index contributed by atoms with van der Waals surface area (Å²) in [5, 5.41) is 3.95. The lowest BCUT2D eigenvalue weighted by Crippen LogP contribution is -1.92. The first kappa shape index (κ1) is 12.3. The SMILES string of the molecule is COc1ccc(-c2nc(-c3ccoc3C)no2)c(N)c1. The van der Waals surface area contributed by atoms with Crippen LogP contribution in [0.1, 0.15) is 5.76 Å². The van der Waals surface area contributed by atoms with Gasteiger partial charge < -0.3 is 19.4 Å². The summed E-state index contributed by atoms with van der Waals surface area (Å²) in [6.45, 7) is 1.84. The Morgan fingerprint density at radius 1 is 1.20 bits per heavy atom. The Kier molecular flexibility index (Phi) is 2.90. The van der Waals surface area contributed by atoms with Crippen LogP contribution in [0.25, 0.3) is 22.8 Å². The summed E-state index contributed by atoms with van der Waals surface area (Å²) in [6, 6.07) is 7.08. The molecule has 20 heavy (non-hydrogen) atoms. The fraction of sp³-hybridized carbons (Fsp3) is 0.143. The summed E-state index contributed by atoms with van der Waals surface area (Å²) in [6.07, 6.45) is 1.59. The monoisotopic (exact) mass is 271 g/mol. The quantitative estimate of drug-likeness (QED) is 0.737. The van der Waals surface area contributed by atoms with E-state index in [9.17, 15) is 0 Å². The van der Waals surface area contributed by atoms with Crippen molar-refractivity contribution in [3.05, 3.63) is 36.3 Å². The Hall–Kier alpha value is -2.76. The van der Waals surface area contributed by atoms with Crippen LogP contribution in [-0.2, 0) is 0 Å². The van der Waals surface area contributed by atoms with E-state index in [1.807, 2.05) is 6.92 Å². The molecule has 1 aromatic carbocycles. The molecule has 0 aliphatic rings. The Balaban J connectivity index is 2.00. The van der Waals surface area contributed by atoms with Crippen LogP contribution < -0.4 is 10.5 Å². The molecule has 0 aliphatic carbocycles. The van der Waals surface area contributed by atoms with E-state index in [2.05, 4.69) is 10.1 Å². The molecule has 0 fully saturated rings. The molecule has 0 saturated heterocycles. The van der Waals surface area contributed by atoms with Gasteiger partial charge in [0.1, 0.15) is 11.5 Å². The summed E-state index contributed by atoms with van der Waals surface area (Å²) in [7, 11) is 1.58. The topological polar surface area (TPSA) is 87.3 Å². The van der Waals surface area contributed by atoms with Crippen molar-refractivity contribution < 1.29 is 13.7 Å². The van der Waals surface area contributed by atoms with Gasteiger partial charge in [-0.15, -0.1) is 0 Å². The number of hydrogen-bond acceptors (Lipinski definition) is 6. The molecule has 0 bridgehead atoms. The number of nitrogen functional groups attached to an aromatic ring is 1. The van der Waals surface area contributed by atoms with Crippen molar-refractivity contribution in [2.45, 2.75) is 6.92 Å². The third kappa shape index (κ3) is 2.01. The van der Waals surface area contributed by atoms with Crippen LogP contribution >= 0.6 is 0 Å². The molecule has 3 aromatic rings. The lowest BCUT2D eigenvalue weighted by molar-refractivity contribution is 0.414. The van der Waals surface area contributed by atoms with Crippen LogP contribution in [0.15, 0.2) is 39.5 Å². The number of rotatable bonds is 3. The first-order valence-electron chi connectivity index (χ1n) is 6.01. The van der Waals surface area contributed by atoms with E-state index >= 15 is 0 Å². The summed E-state index contributed by atoms with van der Waals surface area (Å²) >= 11 is 0. The van der Waals surface area contributed by atoms with Gasteiger partial charge in [0.15, 0.2) is 0 Å². The van der Waals surface area contributed by atoms with E-state index in [0.29, 0.717) is 28.7 Å². The number of benzene rings is 1. The van der Waals surface area contributed by atoms with Gasteiger partial charge in [-0.3, -0.25) is 0 Å². The molecule has 102 valence electrons. The van der Waals surface area contributed by atoms with Gasteiger partial charge in [0.05, 0.1) is 24.5 Å². The molecule has 2 N–H and O–H groups in total. The van der Waals surface area contributed by atoms with E-state index in [1.54, 1.807) is 37.6 Å². The molecule has 6 heteroatoms. The van der Waals surface area contributed by atoms with Gasteiger partial charge in [0.2, 0.25) is 5.82 Å². The lowest BCUT2D eigenvalue weighted by atomic mass is 10.1. The van der Waals surface area contributed by atoms with Crippen molar-refractivity contribution in [2.24, 2.45) is 0 Å². The third-order valence-corrected chi connectivity index (χ3v) is 3.01. The number of aromatic nitrogens is 2. The fourth-order valence-corrected chi connectivity index (χ4v) is 1.92. The maximum Gasteiger partial charge on any atom is 0.260 e. The second-order valence-corrected chi connectivity index (χ2v) is 4.27. The standard InChI is InChI=1S/C14H13N3O3/c1-8-10(5-6-19-8)13-16-14(20-17-13)11-4-3-9(18-2)7-12(11)15/h3-7H,15H2,1-2H3. The number of aryl methyl sites for hydroxylation is 1. The van der Waals surface area contributed by atoms with Gasteiger partial charge in [-0.25, -0.2) is 0 Å². The molecular weight excluding hydrogens is 258 g/mol. The molecule has 0 saturated carbocycles. The Labute approximate surface area is 115 Å². The van der Waals surface area contributed by atoms with Crippen molar-refractivity contribution in [2.75, 3.05) is 12.8 Å². The van der Waals surface area contributed by atoms with E-state index in [4.69, 9.17) is 19.4 Å². The highest BCUT2D eigenvalue weighted by molar-refractivity contribution is 5.73. The number of nitrogens with zero attached hydrogens (tertiary/aromatic N) is 2. The summed E-state index contributed by atoms with van der Waals surface area (Å²) < 4.78 is 15.6. The fourth-order valence-electron chi connectivity index (χ4n) is 1.92. The largest absolute Gasteiger partial charge is 0.497 e. The van der Waals surface area contributed by atoms with Crippen LogP contribution in [0, 0.1) is 6.92 Å². The lowest BCUT2D eigenvalue weighted by Gasteiger charge is -2.03. The number of hydrogen-bond donors (Lipinski definition) is 1. The minimum Gasteiger partial charge on any atom is -0.497 e. The molecule has 3 rings (SSSR count). The Morgan fingerprint density at radius 2 is 2.05 bits per heavy atom. The number of ether oxygens (including phenoxy) is 1. The number of anilines is 1. The first-order valence-corrected chi connectivity index (χ1v) is 6.01. The van der Waals surface area contributed by atoms with Gasteiger partial charge >= 0.3 is 0 Å². The van der Waals surface area contributed by atoms with Gasteiger partial charge in [-0.05, 0) is 25.1 Å². The van der Waals surface area contributed by atoms with Crippen LogP contribution in [0.4, 0.5) is 5.69 Å². The van der Waals surface area contributed by atoms with Crippen LogP contribution in [0.2, 0.25) is 0 Å². The zero-order valence-corrected chi connectivity index (χ0v) is 11.1. The van der Waals surface area contributed by atoms with Gasteiger partial charge in [-0.1, -0.05) is 5.16 Å². The van der Waals surface area contributed by atoms with E-state index < -0.39 is 0 Å². The normalized spacial score (nSPS) is 10.7. The predicted octanol–water partition coefficient (Wildman–Crippen LogP) is 2.90. The molecule has 2 heterocycles. The number of furan rings is 1. The summed E-state index contributed by atoms with van der Waals surface area (Å²) in [5.74, 6) is 2.25. The first-order chi connectivity index (χ1) is 9.69. The molecular formula is C14H13N3O3. The molecule has 0 radical (unpaired) electrons. The smallest absolute Gasteiger partial charge is 0.260 e. The third-order valence-electron chi connectivity index (χ3n) is 3.01. The zero-order chi connectivity index (χ0) is 14.1. The Bertz CT molecular complexity index is 746. The molecule has 0 atom stereocenters. The van der Waals surface area contributed by atoms with Crippen LogP contribution in [-0.4, -0.2) is 17.3 Å². The molecule has 0 amide bonds. The Morgan fingerprint density at radius 3 is 2.70 bits per heavy atom. The highest BCUT2D eigenvalue weighted by Crippen LogP contribution is 2.30. The van der Waals surface area contributed by atoms with Crippen molar-refractivity contribution in [3.63, 3.8) is 0 Å². The average molecular weight is 271 g/mol. The van der Waals surface area contributed by atoms with Gasteiger partial charge in [0, 0.05) is 11.8 Å². The minimum atomic E-state index is 0.362. The number of nitrogens with two attached hydrogens (primary N) is 1. The maximum atomic E-state index is 5.96. The molecule has 0 spiro atoms. The van der Waals surface area contributed by atoms with Gasteiger partial charge in [0.25, 0.3) is 5.89 Å². The summed E-state index contributed by atoms with van der Waals surface area (Å²) in [4.78, 5) is 4.34. The van der Waals surface area contributed by atoms with Crippen molar-refractivity contribution in [1.29, 1.82) is 0 Å². The van der Waals surface area contributed by atoms with Crippen LogP contribution in [0.5, 0.6) is 5.75 Å². The zero-order valence-electron chi connectivity index (χ0n) is 11.1. The minimum absolute atomic E-state index is 0.362. The summed E-state index contributed by atoms with van der Waals surface area (Å²) in [5.41, 5.74) is 7.95. The van der Waals surface area contributed by atoms with Crippen molar-refractivity contribution in [3.8, 4) is 28.6 Å². The molecule has 2 aromatic heterocycles. The second-order valence-electron chi connectivity index (χ2n) is 4.27. The van der Waals surface area contributed by atoms with Crippen LogP contribution in [0.3, 0.4) is 0 Å². The van der Waals surface area contributed by atoms with Crippen molar-refractivity contribution >= 4 is 5.69 Å². The molecule has 0 unspecified atom stereocenters. The number of methoxy groups -OCH3 is 1. The van der Waals surface area contributed by atoms with Crippen molar-refractivity contribution in [1.82, 2.24) is 10.1 Å². The average Bonchev–Trinajstić information content (AvgIpc) is 3.07. The molecule has 0 aliphatic heterocycles. The van der Waals surface area contributed by atoms with Gasteiger partial charge in [-0.2, -0.15) is 4.98 Å². The van der Waals surface area contributed by atoms with E-state index in [-0.39, 0.29) is 0 Å². The van der Waals surface area contributed by atoms with E-state index in [1.165, 1.54) is 0 Å². The maximum absolute atomic E-state index is 5.96. The van der Waals surface area contributed by atoms with E-state index in [0.717, 1.165) is 11.3 Å².